The Morgan fingerprint density at radius 2 is 0.444 bits per heavy atom. The maximum Gasteiger partial charge on any atom is 0.164 e. The molecule has 0 aliphatic heterocycles. The van der Waals surface area contributed by atoms with Gasteiger partial charge >= 0.3 is 0 Å². The van der Waals surface area contributed by atoms with E-state index < -0.39 is 0 Å². The topological polar surface area (TPSA) is 38.7 Å². The molecule has 3 nitrogen and oxygen atoms in total. The average molecular weight is 690 g/mol. The second-order valence-electron chi connectivity index (χ2n) is 13.3. The monoisotopic (exact) mass is 689 g/mol. The van der Waals surface area contributed by atoms with Crippen LogP contribution in [0.15, 0.2) is 212 Å². The lowest BCUT2D eigenvalue weighted by atomic mass is 9.89. The first-order chi connectivity index (χ1) is 26.7. The van der Waals surface area contributed by atoms with E-state index in [1.54, 1.807) is 0 Å². The van der Waals surface area contributed by atoms with E-state index in [4.69, 9.17) is 15.0 Å². The van der Waals surface area contributed by atoms with Gasteiger partial charge in [-0.25, -0.2) is 15.0 Å². The zero-order valence-electron chi connectivity index (χ0n) is 29.5. The van der Waals surface area contributed by atoms with Crippen LogP contribution >= 0.6 is 0 Å². The van der Waals surface area contributed by atoms with Gasteiger partial charge in [-0.3, -0.25) is 0 Å². The first kappa shape index (κ1) is 32.7. The van der Waals surface area contributed by atoms with Crippen molar-refractivity contribution in [2.45, 2.75) is 0 Å². The van der Waals surface area contributed by atoms with Crippen molar-refractivity contribution >= 4 is 0 Å². The summed E-state index contributed by atoms with van der Waals surface area (Å²) in [6.45, 7) is 0. The first-order valence-corrected chi connectivity index (χ1v) is 18.2. The van der Waals surface area contributed by atoms with Crippen LogP contribution in [-0.4, -0.2) is 15.0 Å². The van der Waals surface area contributed by atoms with Crippen LogP contribution in [0.25, 0.3) is 89.8 Å². The molecule has 0 unspecified atom stereocenters. The summed E-state index contributed by atoms with van der Waals surface area (Å²) in [5.41, 5.74) is 14.1. The highest BCUT2D eigenvalue weighted by molar-refractivity contribution is 5.90. The molecule has 1 heterocycles. The van der Waals surface area contributed by atoms with Gasteiger partial charge < -0.3 is 0 Å². The van der Waals surface area contributed by atoms with Crippen molar-refractivity contribution in [3.05, 3.63) is 212 Å². The van der Waals surface area contributed by atoms with Crippen molar-refractivity contribution < 1.29 is 0 Å². The smallest absolute Gasteiger partial charge is 0.164 e. The highest BCUT2D eigenvalue weighted by Gasteiger charge is 2.17. The Kier molecular flexibility index (Phi) is 8.94. The average Bonchev–Trinajstić information content (AvgIpc) is 3.27. The number of benzene rings is 8. The molecular weight excluding hydrogens is 655 g/mol. The molecule has 8 aromatic carbocycles. The molecule has 0 atom stereocenters. The molecule has 0 saturated heterocycles. The molecule has 0 radical (unpaired) electrons. The van der Waals surface area contributed by atoms with Crippen LogP contribution in [0.1, 0.15) is 0 Å². The quantitative estimate of drug-likeness (QED) is 0.159. The van der Waals surface area contributed by atoms with Crippen LogP contribution in [0.5, 0.6) is 0 Å². The van der Waals surface area contributed by atoms with E-state index in [2.05, 4.69) is 152 Å². The molecule has 54 heavy (non-hydrogen) atoms. The van der Waals surface area contributed by atoms with E-state index in [0.29, 0.717) is 17.5 Å². The molecule has 1 aromatic heterocycles. The lowest BCUT2D eigenvalue weighted by Crippen LogP contribution is -2.00. The Morgan fingerprint density at radius 1 is 0.185 bits per heavy atom. The minimum atomic E-state index is 0.616. The Morgan fingerprint density at radius 3 is 0.870 bits per heavy atom. The lowest BCUT2D eigenvalue weighted by Gasteiger charge is -2.16. The molecule has 0 amide bonds. The summed E-state index contributed by atoms with van der Waals surface area (Å²) in [5.74, 6) is 1.88. The van der Waals surface area contributed by atoms with E-state index >= 15 is 0 Å². The van der Waals surface area contributed by atoms with Gasteiger partial charge in [0.2, 0.25) is 0 Å². The van der Waals surface area contributed by atoms with Gasteiger partial charge in [0.05, 0.1) is 0 Å². The molecule has 0 spiro atoms. The second-order valence-corrected chi connectivity index (χ2v) is 13.3. The Labute approximate surface area is 316 Å². The summed E-state index contributed by atoms with van der Waals surface area (Å²) in [6.07, 6.45) is 0. The van der Waals surface area contributed by atoms with Crippen molar-refractivity contribution in [1.82, 2.24) is 15.0 Å². The normalized spacial score (nSPS) is 11.0. The minimum absolute atomic E-state index is 0.616. The minimum Gasteiger partial charge on any atom is -0.208 e. The van der Waals surface area contributed by atoms with Crippen molar-refractivity contribution in [3.63, 3.8) is 0 Å². The van der Waals surface area contributed by atoms with E-state index in [1.807, 2.05) is 60.7 Å². The highest BCUT2D eigenvalue weighted by atomic mass is 15.0. The lowest BCUT2D eigenvalue weighted by molar-refractivity contribution is 1.07. The van der Waals surface area contributed by atoms with Crippen molar-refractivity contribution in [2.24, 2.45) is 0 Å². The second kappa shape index (κ2) is 14.8. The van der Waals surface area contributed by atoms with Crippen LogP contribution in [0.4, 0.5) is 0 Å². The molecule has 0 bridgehead atoms. The van der Waals surface area contributed by atoms with Gasteiger partial charge in [0.15, 0.2) is 17.5 Å². The fourth-order valence-electron chi connectivity index (χ4n) is 7.01. The SMILES string of the molecule is c1ccc(-c2cc(-c3ccccc3)cc(-c3cc(-c4nc(-c5ccccc5)nc(-c5ccccc5)n4)cc(-c4ccccc4-c4ccccc4)c3)c2)cc1. The zero-order chi connectivity index (χ0) is 36.1. The molecule has 3 heteroatoms. The number of hydrogen-bond donors (Lipinski definition) is 0. The maximum absolute atomic E-state index is 5.16. The standard InChI is InChI=1S/C51H35N3/c1-6-18-36(19-7-1)41-30-42(37-20-8-2-9-21-37)32-43(31-41)44-33-45(48-29-17-16-28-47(48)38-22-10-3-11-23-38)35-46(34-44)51-53-49(39-24-12-4-13-25-39)52-50(54-51)40-26-14-5-15-27-40/h1-35H. The predicted molar refractivity (Wildman–Crippen MR) is 223 cm³/mol. The summed E-state index contributed by atoms with van der Waals surface area (Å²) in [7, 11) is 0. The molecule has 9 aromatic rings. The maximum atomic E-state index is 5.16. The van der Waals surface area contributed by atoms with E-state index in [1.165, 1.54) is 11.1 Å². The van der Waals surface area contributed by atoms with Gasteiger partial charge in [-0.05, 0) is 92.0 Å². The van der Waals surface area contributed by atoms with Crippen LogP contribution in [0.2, 0.25) is 0 Å². The van der Waals surface area contributed by atoms with Gasteiger partial charge in [0.1, 0.15) is 0 Å². The highest BCUT2D eigenvalue weighted by Crippen LogP contribution is 2.40. The van der Waals surface area contributed by atoms with Gasteiger partial charge in [-0.15, -0.1) is 0 Å². The van der Waals surface area contributed by atoms with Crippen molar-refractivity contribution in [3.8, 4) is 89.8 Å². The summed E-state index contributed by atoms with van der Waals surface area (Å²) < 4.78 is 0. The zero-order valence-corrected chi connectivity index (χ0v) is 29.5. The fraction of sp³-hybridized carbons (Fsp3) is 0. The van der Waals surface area contributed by atoms with Crippen molar-refractivity contribution in [2.75, 3.05) is 0 Å². The molecular formula is C51H35N3. The third-order valence-electron chi connectivity index (χ3n) is 9.69. The van der Waals surface area contributed by atoms with Crippen LogP contribution in [-0.2, 0) is 0 Å². The molecule has 0 fully saturated rings. The molecule has 0 saturated carbocycles. The Hall–Kier alpha value is -7.23. The van der Waals surface area contributed by atoms with Crippen LogP contribution in [0, 0.1) is 0 Å². The summed E-state index contributed by atoms with van der Waals surface area (Å²) in [5, 5.41) is 0. The van der Waals surface area contributed by atoms with Crippen molar-refractivity contribution in [1.29, 1.82) is 0 Å². The molecule has 254 valence electrons. The molecule has 9 rings (SSSR count). The van der Waals surface area contributed by atoms with E-state index in [0.717, 1.165) is 61.2 Å². The predicted octanol–water partition coefficient (Wildman–Crippen LogP) is 13.2. The van der Waals surface area contributed by atoms with E-state index in [9.17, 15) is 0 Å². The number of nitrogens with zero attached hydrogens (tertiary/aromatic N) is 3. The molecule has 0 N–H and O–H groups in total. The third-order valence-corrected chi connectivity index (χ3v) is 9.69. The summed E-state index contributed by atoms with van der Waals surface area (Å²) in [4.78, 5) is 15.3. The molecule has 0 aliphatic rings. The van der Waals surface area contributed by atoms with Crippen LogP contribution < -0.4 is 0 Å². The molecule has 0 aliphatic carbocycles. The first-order valence-electron chi connectivity index (χ1n) is 18.2. The largest absolute Gasteiger partial charge is 0.208 e. The number of hydrogen-bond acceptors (Lipinski definition) is 3. The van der Waals surface area contributed by atoms with Gasteiger partial charge in [0.25, 0.3) is 0 Å². The number of aromatic nitrogens is 3. The summed E-state index contributed by atoms with van der Waals surface area (Å²) in [6, 6.07) is 74.3. The van der Waals surface area contributed by atoms with Gasteiger partial charge in [-0.2, -0.15) is 0 Å². The Bertz CT molecular complexity index is 2420. The third kappa shape index (κ3) is 6.87. The van der Waals surface area contributed by atoms with Gasteiger partial charge in [-0.1, -0.05) is 176 Å². The van der Waals surface area contributed by atoms with Crippen LogP contribution in [0.3, 0.4) is 0 Å². The Balaban J connectivity index is 1.31. The van der Waals surface area contributed by atoms with E-state index in [-0.39, 0.29) is 0 Å². The van der Waals surface area contributed by atoms with Gasteiger partial charge in [0, 0.05) is 16.7 Å². The fourth-order valence-corrected chi connectivity index (χ4v) is 7.01. The number of rotatable bonds is 8. The summed E-state index contributed by atoms with van der Waals surface area (Å²) >= 11 is 0.